The molecule has 0 saturated heterocycles. The predicted molar refractivity (Wildman–Crippen MR) is 64.3 cm³/mol. The van der Waals surface area contributed by atoms with E-state index in [2.05, 4.69) is 15.9 Å². The minimum Gasteiger partial charge on any atom is -0.533 e. The fraction of sp³-hybridized carbons (Fsp3) is 0.400. The molecule has 82 valence electrons. The fourth-order valence-electron chi connectivity index (χ4n) is 1.08. The van der Waals surface area contributed by atoms with Crippen molar-refractivity contribution in [2.24, 2.45) is 5.92 Å². The van der Waals surface area contributed by atoms with Gasteiger partial charge in [0.05, 0.1) is 4.73 Å². The molecule has 0 aromatic heterocycles. The van der Waals surface area contributed by atoms with Crippen molar-refractivity contribution in [3.63, 3.8) is 0 Å². The topological polar surface area (TPSA) is 49.7 Å². The minimum atomic E-state index is -0.974. The Balaban J connectivity index is 2.66. The van der Waals surface area contributed by atoms with Gasteiger partial charge in [-0.1, -0.05) is 41.9 Å². The molecule has 1 unspecified atom stereocenters. The zero-order valence-electron chi connectivity index (χ0n) is 8.72. The zero-order valence-corrected chi connectivity index (χ0v) is 10.3. The average molecular weight is 273 g/mol. The Morgan fingerprint density at radius 1 is 1.33 bits per heavy atom. The molecule has 0 amide bonds. The van der Waals surface area contributed by atoms with Gasteiger partial charge in [-0.2, -0.15) is 0 Å². The SMILES string of the molecule is CC(C)C(Br)B(O)Oc1ccccc1O. The summed E-state index contributed by atoms with van der Waals surface area (Å²) in [5, 5.41) is 19.1. The molecule has 2 N–H and O–H groups in total. The molecule has 0 aliphatic carbocycles. The maximum atomic E-state index is 9.69. The molecule has 1 atom stereocenters. The van der Waals surface area contributed by atoms with E-state index in [1.54, 1.807) is 18.2 Å². The lowest BCUT2D eigenvalue weighted by Crippen LogP contribution is -2.36. The number of phenols is 1. The van der Waals surface area contributed by atoms with Gasteiger partial charge < -0.3 is 14.8 Å². The van der Waals surface area contributed by atoms with E-state index in [0.29, 0.717) is 0 Å². The molecule has 3 nitrogen and oxygen atoms in total. The second-order valence-corrected chi connectivity index (χ2v) is 4.72. The van der Waals surface area contributed by atoms with Crippen LogP contribution in [0.4, 0.5) is 0 Å². The summed E-state index contributed by atoms with van der Waals surface area (Å²) in [7, 11) is -0.974. The summed E-state index contributed by atoms with van der Waals surface area (Å²) in [6.45, 7) is 3.94. The highest BCUT2D eigenvalue weighted by molar-refractivity contribution is 9.10. The number of hydrogen-bond donors (Lipinski definition) is 2. The van der Waals surface area contributed by atoms with E-state index in [1.165, 1.54) is 6.07 Å². The van der Waals surface area contributed by atoms with Crippen LogP contribution in [0.25, 0.3) is 0 Å². The molecule has 5 heteroatoms. The van der Waals surface area contributed by atoms with E-state index < -0.39 is 7.12 Å². The normalized spacial score (nSPS) is 12.6. The molecular weight excluding hydrogens is 259 g/mol. The molecule has 0 fully saturated rings. The first kappa shape index (κ1) is 12.4. The van der Waals surface area contributed by atoms with Crippen LogP contribution in [0.5, 0.6) is 11.5 Å². The van der Waals surface area contributed by atoms with Crippen LogP contribution < -0.4 is 4.65 Å². The van der Waals surface area contributed by atoms with Crippen LogP contribution in [0.1, 0.15) is 13.8 Å². The molecule has 0 spiro atoms. The first-order valence-corrected chi connectivity index (χ1v) is 5.70. The minimum absolute atomic E-state index is 0.0278. The van der Waals surface area contributed by atoms with Crippen LogP contribution in [0.3, 0.4) is 0 Å². The Morgan fingerprint density at radius 2 is 1.93 bits per heavy atom. The van der Waals surface area contributed by atoms with Crippen molar-refractivity contribution in [2.75, 3.05) is 0 Å². The van der Waals surface area contributed by atoms with Crippen molar-refractivity contribution in [3.05, 3.63) is 24.3 Å². The molecule has 15 heavy (non-hydrogen) atoms. The lowest BCUT2D eigenvalue weighted by molar-refractivity contribution is 0.376. The molecular formula is C10H14BBrO3. The highest BCUT2D eigenvalue weighted by Crippen LogP contribution is 2.26. The van der Waals surface area contributed by atoms with Gasteiger partial charge in [-0.05, 0) is 18.1 Å². The van der Waals surface area contributed by atoms with Crippen LogP contribution in [0, 0.1) is 5.92 Å². The molecule has 0 aliphatic heterocycles. The van der Waals surface area contributed by atoms with E-state index in [4.69, 9.17) is 4.65 Å². The molecule has 0 heterocycles. The number of para-hydroxylation sites is 2. The van der Waals surface area contributed by atoms with Gasteiger partial charge in [0, 0.05) is 0 Å². The maximum absolute atomic E-state index is 9.69. The molecule has 0 saturated carbocycles. The first-order chi connectivity index (χ1) is 7.02. The quantitative estimate of drug-likeness (QED) is 0.653. The monoisotopic (exact) mass is 272 g/mol. The van der Waals surface area contributed by atoms with Gasteiger partial charge in [-0.3, -0.25) is 0 Å². The van der Waals surface area contributed by atoms with Gasteiger partial charge in [0.25, 0.3) is 0 Å². The van der Waals surface area contributed by atoms with Gasteiger partial charge in [0.1, 0.15) is 5.75 Å². The fourth-order valence-corrected chi connectivity index (χ4v) is 1.19. The largest absolute Gasteiger partial charge is 0.537 e. The third-order valence-corrected chi connectivity index (χ3v) is 3.53. The number of halogens is 1. The van der Waals surface area contributed by atoms with E-state index in [0.717, 1.165) is 0 Å². The van der Waals surface area contributed by atoms with Gasteiger partial charge >= 0.3 is 7.12 Å². The number of hydrogen-bond acceptors (Lipinski definition) is 3. The van der Waals surface area contributed by atoms with Crippen molar-refractivity contribution in [2.45, 2.75) is 18.6 Å². The third kappa shape index (κ3) is 3.43. The van der Waals surface area contributed by atoms with Crippen LogP contribution >= 0.6 is 15.9 Å². The number of benzene rings is 1. The summed E-state index contributed by atoms with van der Waals surface area (Å²) in [4.78, 5) is 0. The van der Waals surface area contributed by atoms with Crippen molar-refractivity contribution in [1.29, 1.82) is 0 Å². The Morgan fingerprint density at radius 3 is 2.47 bits per heavy atom. The second kappa shape index (κ2) is 5.42. The zero-order chi connectivity index (χ0) is 11.4. The third-order valence-electron chi connectivity index (χ3n) is 2.02. The summed E-state index contributed by atoms with van der Waals surface area (Å²) in [6, 6.07) is 6.56. The van der Waals surface area contributed by atoms with E-state index in [9.17, 15) is 10.1 Å². The van der Waals surface area contributed by atoms with Crippen LogP contribution in [0.15, 0.2) is 24.3 Å². The molecule has 0 radical (unpaired) electrons. The van der Waals surface area contributed by atoms with Crippen molar-refractivity contribution in [1.82, 2.24) is 0 Å². The van der Waals surface area contributed by atoms with E-state index in [1.807, 2.05) is 13.8 Å². The number of rotatable bonds is 4. The van der Waals surface area contributed by atoms with Crippen molar-refractivity contribution in [3.8, 4) is 11.5 Å². The first-order valence-electron chi connectivity index (χ1n) is 4.79. The molecule has 1 aromatic carbocycles. The summed E-state index contributed by atoms with van der Waals surface area (Å²) in [6.07, 6.45) is 0. The number of phenolic OH excluding ortho intramolecular Hbond substituents is 1. The molecule has 1 rings (SSSR count). The van der Waals surface area contributed by atoms with Gasteiger partial charge in [0.15, 0.2) is 5.75 Å². The Kier molecular flexibility index (Phi) is 4.48. The van der Waals surface area contributed by atoms with E-state index in [-0.39, 0.29) is 22.1 Å². The number of aromatic hydroxyl groups is 1. The van der Waals surface area contributed by atoms with Crippen LogP contribution in [-0.2, 0) is 0 Å². The van der Waals surface area contributed by atoms with Gasteiger partial charge in [0.2, 0.25) is 0 Å². The van der Waals surface area contributed by atoms with Crippen LogP contribution in [0.2, 0.25) is 0 Å². The second-order valence-electron chi connectivity index (χ2n) is 3.66. The average Bonchev–Trinajstić information content (AvgIpc) is 2.20. The van der Waals surface area contributed by atoms with Crippen molar-refractivity contribution < 1.29 is 14.8 Å². The Bertz CT molecular complexity index is 319. The van der Waals surface area contributed by atoms with E-state index >= 15 is 0 Å². The lowest BCUT2D eigenvalue weighted by atomic mass is 9.79. The Hall–Kier alpha value is -0.675. The standard InChI is InChI=1S/C10H14BBrO3/c1-7(2)10(12)11(14)15-9-6-4-3-5-8(9)13/h3-7,10,13-14H,1-2H3. The number of alkyl halides is 1. The summed E-state index contributed by atoms with van der Waals surface area (Å²) < 4.78 is 5.06. The van der Waals surface area contributed by atoms with Gasteiger partial charge in [-0.25, -0.2) is 0 Å². The summed E-state index contributed by atoms with van der Waals surface area (Å²) in [5.41, 5.74) is 0. The summed E-state index contributed by atoms with van der Waals surface area (Å²) in [5.74, 6) is 0.556. The van der Waals surface area contributed by atoms with Crippen LogP contribution in [-0.4, -0.2) is 22.0 Å². The molecule has 0 aliphatic rings. The maximum Gasteiger partial charge on any atom is 0.537 e. The molecule has 0 bridgehead atoms. The lowest BCUT2D eigenvalue weighted by Gasteiger charge is -2.18. The highest BCUT2D eigenvalue weighted by atomic mass is 79.9. The smallest absolute Gasteiger partial charge is 0.533 e. The Labute approximate surface area is 98.4 Å². The molecule has 1 aromatic rings. The van der Waals surface area contributed by atoms with Crippen molar-refractivity contribution >= 4 is 23.0 Å². The summed E-state index contributed by atoms with van der Waals surface area (Å²) >= 11 is 3.33. The van der Waals surface area contributed by atoms with Gasteiger partial charge in [-0.15, -0.1) is 0 Å². The predicted octanol–water partition coefficient (Wildman–Crippen LogP) is 2.21. The highest BCUT2D eigenvalue weighted by Gasteiger charge is 2.29.